The van der Waals surface area contributed by atoms with E-state index in [1.54, 1.807) is 11.3 Å². The molecule has 0 amide bonds. The molecule has 2 rings (SSSR count). The summed E-state index contributed by atoms with van der Waals surface area (Å²) in [4.78, 5) is 1.22. The number of rotatable bonds is 5. The predicted molar refractivity (Wildman–Crippen MR) is 72.7 cm³/mol. The van der Waals surface area contributed by atoms with Crippen LogP contribution >= 0.6 is 22.9 Å². The Morgan fingerprint density at radius 3 is 2.94 bits per heavy atom. The van der Waals surface area contributed by atoms with E-state index < -0.39 is 0 Å². The number of nitrogens with zero attached hydrogens (tertiary/aromatic N) is 2. The Morgan fingerprint density at radius 2 is 2.35 bits per heavy atom. The fourth-order valence-electron chi connectivity index (χ4n) is 1.84. The molecule has 0 bridgehead atoms. The van der Waals surface area contributed by atoms with Crippen molar-refractivity contribution in [1.29, 1.82) is 0 Å². The van der Waals surface area contributed by atoms with Gasteiger partial charge >= 0.3 is 0 Å². The molecule has 5 heteroatoms. The number of aryl methyl sites for hydroxylation is 1. The fraction of sp³-hybridized carbons (Fsp3) is 0.417. The van der Waals surface area contributed by atoms with Gasteiger partial charge in [0.15, 0.2) is 0 Å². The maximum Gasteiger partial charge on any atom is 0.0931 e. The largest absolute Gasteiger partial charge is 0.309 e. The first-order valence-electron chi connectivity index (χ1n) is 5.69. The molecule has 3 nitrogen and oxygen atoms in total. The maximum atomic E-state index is 5.97. The lowest BCUT2D eigenvalue weighted by Gasteiger charge is -2.11. The van der Waals surface area contributed by atoms with Crippen LogP contribution in [-0.2, 0) is 6.54 Å². The van der Waals surface area contributed by atoms with Crippen molar-refractivity contribution in [1.82, 2.24) is 15.1 Å². The van der Waals surface area contributed by atoms with Gasteiger partial charge in [-0.25, -0.2) is 0 Å². The van der Waals surface area contributed by atoms with Crippen molar-refractivity contribution in [2.75, 3.05) is 7.05 Å². The zero-order valence-corrected chi connectivity index (χ0v) is 11.6. The van der Waals surface area contributed by atoms with Crippen LogP contribution in [0.2, 0.25) is 4.34 Å². The highest BCUT2D eigenvalue weighted by Gasteiger charge is 2.15. The van der Waals surface area contributed by atoms with E-state index in [-0.39, 0.29) is 6.04 Å². The molecule has 1 atom stereocenters. The molecule has 0 aliphatic heterocycles. The van der Waals surface area contributed by atoms with Gasteiger partial charge in [0, 0.05) is 23.2 Å². The number of nitrogens with one attached hydrogen (secondary N) is 1. The predicted octanol–water partition coefficient (Wildman–Crippen LogP) is 3.32. The maximum absolute atomic E-state index is 5.97. The van der Waals surface area contributed by atoms with E-state index in [0.717, 1.165) is 17.3 Å². The lowest BCUT2D eigenvalue weighted by Crippen LogP contribution is -2.15. The molecule has 0 fully saturated rings. The molecular weight excluding hydrogens is 254 g/mol. The van der Waals surface area contributed by atoms with Crippen molar-refractivity contribution in [2.24, 2.45) is 0 Å². The minimum Gasteiger partial charge on any atom is -0.309 e. The van der Waals surface area contributed by atoms with Crippen molar-refractivity contribution in [3.8, 4) is 0 Å². The van der Waals surface area contributed by atoms with E-state index in [1.165, 1.54) is 10.4 Å². The SMILES string of the molecule is CCCn1cc(C(NC)c2ccc(Cl)s2)cn1. The smallest absolute Gasteiger partial charge is 0.0931 e. The zero-order chi connectivity index (χ0) is 12.3. The highest BCUT2D eigenvalue weighted by molar-refractivity contribution is 7.16. The first kappa shape index (κ1) is 12.6. The van der Waals surface area contributed by atoms with Crippen LogP contribution in [0.1, 0.15) is 29.8 Å². The van der Waals surface area contributed by atoms with Crippen LogP contribution in [0.15, 0.2) is 24.5 Å². The molecule has 0 aliphatic rings. The monoisotopic (exact) mass is 269 g/mol. The molecule has 17 heavy (non-hydrogen) atoms. The van der Waals surface area contributed by atoms with Crippen LogP contribution in [0.5, 0.6) is 0 Å². The molecule has 92 valence electrons. The van der Waals surface area contributed by atoms with Gasteiger partial charge in [0.05, 0.1) is 16.6 Å². The summed E-state index contributed by atoms with van der Waals surface area (Å²) < 4.78 is 2.80. The molecule has 0 spiro atoms. The molecule has 2 aromatic rings. The van der Waals surface area contributed by atoms with E-state index >= 15 is 0 Å². The van der Waals surface area contributed by atoms with Gasteiger partial charge in [0.2, 0.25) is 0 Å². The summed E-state index contributed by atoms with van der Waals surface area (Å²) in [5, 5.41) is 7.66. The van der Waals surface area contributed by atoms with Crippen molar-refractivity contribution in [3.63, 3.8) is 0 Å². The lowest BCUT2D eigenvalue weighted by molar-refractivity contribution is 0.600. The average molecular weight is 270 g/mol. The van der Waals surface area contributed by atoms with E-state index in [2.05, 4.69) is 29.6 Å². The Hall–Kier alpha value is -0.840. The summed E-state index contributed by atoms with van der Waals surface area (Å²) in [6.07, 6.45) is 5.11. The van der Waals surface area contributed by atoms with Gasteiger partial charge in [0.1, 0.15) is 0 Å². The molecular formula is C12H16ClN3S. The number of aromatic nitrogens is 2. The van der Waals surface area contributed by atoms with Gasteiger partial charge in [-0.05, 0) is 25.6 Å². The number of hydrogen-bond acceptors (Lipinski definition) is 3. The van der Waals surface area contributed by atoms with Crippen LogP contribution in [-0.4, -0.2) is 16.8 Å². The van der Waals surface area contributed by atoms with Crippen LogP contribution in [0.3, 0.4) is 0 Å². The van der Waals surface area contributed by atoms with Crippen LogP contribution in [0, 0.1) is 0 Å². The molecule has 2 aromatic heterocycles. The minimum atomic E-state index is 0.179. The second-order valence-corrected chi connectivity index (χ2v) is 5.65. The zero-order valence-electron chi connectivity index (χ0n) is 9.98. The second kappa shape index (κ2) is 5.67. The first-order valence-corrected chi connectivity index (χ1v) is 6.89. The quantitative estimate of drug-likeness (QED) is 0.902. The normalized spacial score (nSPS) is 12.9. The number of halogens is 1. The van der Waals surface area contributed by atoms with Crippen molar-refractivity contribution < 1.29 is 0 Å². The van der Waals surface area contributed by atoms with Gasteiger partial charge in [-0.2, -0.15) is 5.10 Å². The Morgan fingerprint density at radius 1 is 1.53 bits per heavy atom. The molecule has 0 aromatic carbocycles. The van der Waals surface area contributed by atoms with E-state index in [4.69, 9.17) is 11.6 Å². The van der Waals surface area contributed by atoms with Crippen molar-refractivity contribution >= 4 is 22.9 Å². The van der Waals surface area contributed by atoms with Gasteiger partial charge in [-0.1, -0.05) is 18.5 Å². The Bertz CT molecular complexity index is 478. The van der Waals surface area contributed by atoms with E-state index in [0.29, 0.717) is 0 Å². The molecule has 1 N–H and O–H groups in total. The highest BCUT2D eigenvalue weighted by atomic mass is 35.5. The lowest BCUT2D eigenvalue weighted by atomic mass is 10.1. The number of hydrogen-bond donors (Lipinski definition) is 1. The first-order chi connectivity index (χ1) is 8.24. The Labute approximate surface area is 110 Å². The Balaban J connectivity index is 2.22. The summed E-state index contributed by atoms with van der Waals surface area (Å²) in [7, 11) is 1.95. The van der Waals surface area contributed by atoms with Crippen molar-refractivity contribution in [3.05, 3.63) is 39.3 Å². The third kappa shape index (κ3) is 2.89. The molecule has 0 radical (unpaired) electrons. The van der Waals surface area contributed by atoms with Crippen molar-refractivity contribution in [2.45, 2.75) is 25.9 Å². The average Bonchev–Trinajstić information content (AvgIpc) is 2.91. The van der Waals surface area contributed by atoms with E-state index in [1.807, 2.05) is 24.0 Å². The van der Waals surface area contributed by atoms with E-state index in [9.17, 15) is 0 Å². The number of thiophene rings is 1. The molecule has 0 saturated carbocycles. The Kier molecular flexibility index (Phi) is 4.20. The van der Waals surface area contributed by atoms with Crippen LogP contribution < -0.4 is 5.32 Å². The highest BCUT2D eigenvalue weighted by Crippen LogP contribution is 2.30. The summed E-state index contributed by atoms with van der Waals surface area (Å²) in [5.74, 6) is 0. The van der Waals surface area contributed by atoms with Crippen LogP contribution in [0.4, 0.5) is 0 Å². The standard InChI is InChI=1S/C12H16ClN3S/c1-3-6-16-8-9(7-15-16)12(14-2)10-4-5-11(13)17-10/h4-5,7-8,12,14H,3,6H2,1-2H3. The molecule has 0 saturated heterocycles. The molecule has 1 unspecified atom stereocenters. The topological polar surface area (TPSA) is 29.9 Å². The summed E-state index contributed by atoms with van der Waals surface area (Å²) in [6.45, 7) is 3.11. The molecule has 2 heterocycles. The summed E-state index contributed by atoms with van der Waals surface area (Å²) in [5.41, 5.74) is 1.18. The van der Waals surface area contributed by atoms with Gasteiger partial charge in [-0.15, -0.1) is 11.3 Å². The van der Waals surface area contributed by atoms with Crippen LogP contribution in [0.25, 0.3) is 0 Å². The molecule has 0 aliphatic carbocycles. The second-order valence-electron chi connectivity index (χ2n) is 3.90. The van der Waals surface area contributed by atoms with Gasteiger partial charge in [-0.3, -0.25) is 4.68 Å². The summed E-state index contributed by atoms with van der Waals surface area (Å²) >= 11 is 7.58. The third-order valence-electron chi connectivity index (χ3n) is 2.61. The fourth-order valence-corrected chi connectivity index (χ4v) is 3.04. The minimum absolute atomic E-state index is 0.179. The third-order valence-corrected chi connectivity index (χ3v) is 3.90. The summed E-state index contributed by atoms with van der Waals surface area (Å²) in [6, 6.07) is 4.17. The van der Waals surface area contributed by atoms with Gasteiger partial charge in [0.25, 0.3) is 0 Å². The van der Waals surface area contributed by atoms with Gasteiger partial charge < -0.3 is 5.32 Å².